The van der Waals surface area contributed by atoms with E-state index in [4.69, 9.17) is 0 Å². The minimum absolute atomic E-state index is 0.293. The largest absolute Gasteiger partial charge is 0.433 e. The van der Waals surface area contributed by atoms with E-state index in [1.807, 2.05) is 5.92 Å². The fraction of sp³-hybridized carbons (Fsp3) is 0.176. The van der Waals surface area contributed by atoms with Crippen LogP contribution in [-0.4, -0.2) is 11.3 Å². The minimum atomic E-state index is -4.88. The van der Waals surface area contributed by atoms with Gasteiger partial charge in [0, 0.05) is 11.1 Å². The van der Waals surface area contributed by atoms with Crippen LogP contribution < -0.4 is 0 Å². The number of hydrogen-bond donors (Lipinski definition) is 1. The minimum Gasteiger partial charge on any atom is -0.366 e. The van der Waals surface area contributed by atoms with Crippen molar-refractivity contribution in [2.75, 3.05) is 0 Å². The van der Waals surface area contributed by atoms with Gasteiger partial charge in [-0.2, -0.15) is 13.2 Å². The van der Waals surface area contributed by atoms with E-state index in [2.05, 4.69) is 5.92 Å². The molecule has 0 heterocycles. The fourth-order valence-corrected chi connectivity index (χ4v) is 1.86. The zero-order valence-corrected chi connectivity index (χ0v) is 11.3. The number of aryl methyl sites for hydroxylation is 1. The molecule has 0 saturated heterocycles. The first kappa shape index (κ1) is 15.1. The van der Waals surface area contributed by atoms with Crippen molar-refractivity contribution in [3.63, 3.8) is 0 Å². The number of hydrogen-bond acceptors (Lipinski definition) is 1. The molecular formula is C17H13F3O. The maximum atomic E-state index is 13.2. The fourth-order valence-electron chi connectivity index (χ4n) is 1.86. The monoisotopic (exact) mass is 290 g/mol. The Labute approximate surface area is 121 Å². The van der Waals surface area contributed by atoms with Gasteiger partial charge in [-0.25, -0.2) is 0 Å². The lowest BCUT2D eigenvalue weighted by Gasteiger charge is -2.25. The van der Waals surface area contributed by atoms with Gasteiger partial charge in [0.15, 0.2) is 0 Å². The third-order valence-electron chi connectivity index (χ3n) is 3.12. The molecule has 2 aromatic rings. The summed E-state index contributed by atoms with van der Waals surface area (Å²) in [5.41, 5.74) is -2.27. The van der Waals surface area contributed by atoms with Gasteiger partial charge in [0.25, 0.3) is 0 Å². The number of aliphatic hydroxyl groups is 1. The van der Waals surface area contributed by atoms with Gasteiger partial charge in [0.2, 0.25) is 5.60 Å². The van der Waals surface area contributed by atoms with Gasteiger partial charge in [-0.05, 0) is 24.5 Å². The second-order valence-corrected chi connectivity index (χ2v) is 4.64. The van der Waals surface area contributed by atoms with E-state index in [1.54, 1.807) is 37.3 Å². The van der Waals surface area contributed by atoms with Crippen molar-refractivity contribution in [1.82, 2.24) is 0 Å². The van der Waals surface area contributed by atoms with E-state index in [0.29, 0.717) is 5.56 Å². The maximum Gasteiger partial charge on any atom is 0.433 e. The van der Waals surface area contributed by atoms with Crippen LogP contribution in [0.2, 0.25) is 0 Å². The first-order valence-corrected chi connectivity index (χ1v) is 6.28. The molecule has 4 heteroatoms. The molecule has 0 aliphatic carbocycles. The quantitative estimate of drug-likeness (QED) is 0.792. The van der Waals surface area contributed by atoms with Gasteiger partial charge in [-0.3, -0.25) is 0 Å². The first-order valence-electron chi connectivity index (χ1n) is 6.28. The molecule has 0 bridgehead atoms. The Balaban J connectivity index is 2.53. The SMILES string of the molecule is Cc1ccccc1C#C[C@@](O)(c1ccccc1)C(F)(F)F. The molecule has 0 spiro atoms. The van der Waals surface area contributed by atoms with Gasteiger partial charge in [0.1, 0.15) is 0 Å². The molecular weight excluding hydrogens is 277 g/mol. The lowest BCUT2D eigenvalue weighted by molar-refractivity contribution is -0.240. The summed E-state index contributed by atoms with van der Waals surface area (Å²) in [5, 5.41) is 10.1. The topological polar surface area (TPSA) is 20.2 Å². The highest BCUT2D eigenvalue weighted by atomic mass is 19.4. The van der Waals surface area contributed by atoms with Gasteiger partial charge < -0.3 is 5.11 Å². The maximum absolute atomic E-state index is 13.2. The average Bonchev–Trinajstić information content (AvgIpc) is 2.46. The Kier molecular flexibility index (Phi) is 4.06. The van der Waals surface area contributed by atoms with Crippen molar-refractivity contribution >= 4 is 0 Å². The Morgan fingerprint density at radius 2 is 1.48 bits per heavy atom. The van der Waals surface area contributed by atoms with Crippen molar-refractivity contribution in [3.8, 4) is 11.8 Å². The highest BCUT2D eigenvalue weighted by Crippen LogP contribution is 2.38. The van der Waals surface area contributed by atoms with Crippen LogP contribution in [0.25, 0.3) is 0 Å². The molecule has 0 aromatic heterocycles. The predicted octanol–water partition coefficient (Wildman–Crippen LogP) is 3.80. The van der Waals surface area contributed by atoms with Crippen molar-refractivity contribution in [1.29, 1.82) is 0 Å². The van der Waals surface area contributed by atoms with Crippen LogP contribution in [0.5, 0.6) is 0 Å². The smallest absolute Gasteiger partial charge is 0.366 e. The molecule has 1 nitrogen and oxygen atoms in total. The number of rotatable bonds is 1. The van der Waals surface area contributed by atoms with Gasteiger partial charge in [-0.15, -0.1) is 0 Å². The first-order chi connectivity index (χ1) is 9.84. The Bertz CT molecular complexity index is 680. The molecule has 0 aliphatic heterocycles. The summed E-state index contributed by atoms with van der Waals surface area (Å²) >= 11 is 0. The molecule has 0 saturated carbocycles. The van der Waals surface area contributed by atoms with E-state index < -0.39 is 11.8 Å². The van der Waals surface area contributed by atoms with Crippen LogP contribution >= 0.6 is 0 Å². The second kappa shape index (κ2) is 5.63. The summed E-state index contributed by atoms with van der Waals surface area (Å²) in [6, 6.07) is 13.7. The molecule has 0 unspecified atom stereocenters. The van der Waals surface area contributed by atoms with Gasteiger partial charge in [0.05, 0.1) is 0 Å². The van der Waals surface area contributed by atoms with Crippen molar-refractivity contribution in [2.24, 2.45) is 0 Å². The highest BCUT2D eigenvalue weighted by molar-refractivity contribution is 5.44. The van der Waals surface area contributed by atoms with Crippen LogP contribution in [0.3, 0.4) is 0 Å². The van der Waals surface area contributed by atoms with Crippen LogP contribution in [0.4, 0.5) is 13.2 Å². The van der Waals surface area contributed by atoms with Crippen LogP contribution in [0, 0.1) is 18.8 Å². The van der Waals surface area contributed by atoms with Crippen molar-refractivity contribution in [3.05, 3.63) is 71.3 Å². The summed E-state index contributed by atoms with van der Waals surface area (Å²) in [6.45, 7) is 1.75. The predicted molar refractivity (Wildman–Crippen MR) is 74.5 cm³/mol. The summed E-state index contributed by atoms with van der Waals surface area (Å²) in [6.07, 6.45) is -4.88. The standard InChI is InChI=1S/C17H13F3O/c1-13-7-5-6-8-14(13)11-12-16(21,17(18,19)20)15-9-3-2-4-10-15/h2-10,21H,1H3/t16-/m1/s1. The molecule has 108 valence electrons. The summed E-state index contributed by atoms with van der Waals surface area (Å²) in [7, 11) is 0. The summed E-state index contributed by atoms with van der Waals surface area (Å²) in [5.74, 6) is 4.43. The zero-order chi connectivity index (χ0) is 15.5. The third-order valence-corrected chi connectivity index (χ3v) is 3.12. The van der Waals surface area contributed by atoms with Crippen LogP contribution in [-0.2, 0) is 5.60 Å². The average molecular weight is 290 g/mol. The molecule has 2 aromatic carbocycles. The molecule has 0 radical (unpaired) electrons. The molecule has 1 N–H and O–H groups in total. The number of alkyl halides is 3. The van der Waals surface area contributed by atoms with Crippen LogP contribution in [0.1, 0.15) is 16.7 Å². The van der Waals surface area contributed by atoms with E-state index in [1.165, 1.54) is 24.3 Å². The number of halogens is 3. The van der Waals surface area contributed by atoms with Gasteiger partial charge >= 0.3 is 6.18 Å². The molecule has 2 rings (SSSR count). The summed E-state index contributed by atoms with van der Waals surface area (Å²) in [4.78, 5) is 0. The summed E-state index contributed by atoms with van der Waals surface area (Å²) < 4.78 is 39.7. The normalized spacial score (nSPS) is 14.0. The molecule has 1 atom stereocenters. The van der Waals surface area contributed by atoms with E-state index in [0.717, 1.165) is 5.56 Å². The van der Waals surface area contributed by atoms with E-state index >= 15 is 0 Å². The molecule has 0 amide bonds. The zero-order valence-electron chi connectivity index (χ0n) is 11.3. The van der Waals surface area contributed by atoms with Crippen molar-refractivity contribution < 1.29 is 18.3 Å². The third kappa shape index (κ3) is 3.09. The van der Waals surface area contributed by atoms with Gasteiger partial charge in [-0.1, -0.05) is 54.5 Å². The molecule has 0 aliphatic rings. The van der Waals surface area contributed by atoms with E-state index in [9.17, 15) is 18.3 Å². The highest BCUT2D eigenvalue weighted by Gasteiger charge is 2.54. The lowest BCUT2D eigenvalue weighted by atomic mass is 9.93. The lowest BCUT2D eigenvalue weighted by Crippen LogP contribution is -2.41. The van der Waals surface area contributed by atoms with Crippen molar-refractivity contribution in [2.45, 2.75) is 18.7 Å². The number of benzene rings is 2. The van der Waals surface area contributed by atoms with E-state index in [-0.39, 0.29) is 5.56 Å². The Hall–Kier alpha value is -2.25. The second-order valence-electron chi connectivity index (χ2n) is 4.64. The molecule has 0 fully saturated rings. The Morgan fingerprint density at radius 3 is 2.05 bits per heavy atom. The Morgan fingerprint density at radius 1 is 0.905 bits per heavy atom. The molecule has 21 heavy (non-hydrogen) atoms. The van der Waals surface area contributed by atoms with Crippen LogP contribution in [0.15, 0.2) is 54.6 Å².